The molecule has 0 aromatic heterocycles. The fraction of sp³-hybridized carbons (Fsp3) is 0.760. The van der Waals surface area contributed by atoms with Gasteiger partial charge in [-0.25, -0.2) is 4.39 Å². The zero-order valence-electron chi connectivity index (χ0n) is 18.2. The Balaban J connectivity index is 1.33. The third-order valence-corrected chi connectivity index (χ3v) is 10.8. The van der Waals surface area contributed by atoms with Crippen LogP contribution < -0.4 is 4.74 Å². The van der Waals surface area contributed by atoms with Crippen molar-refractivity contribution in [1.82, 2.24) is 0 Å². The summed E-state index contributed by atoms with van der Waals surface area (Å²) in [6.07, 6.45) is 15.2. The zero-order valence-corrected chi connectivity index (χ0v) is 20.0. The summed E-state index contributed by atoms with van der Waals surface area (Å²) < 4.78 is 17.9. The first-order valence-electron chi connectivity index (χ1n) is 12.0. The normalized spacial score (nSPS) is 24.0. The van der Waals surface area contributed by atoms with Crippen LogP contribution in [0, 0.1) is 11.8 Å². The fourth-order valence-electron chi connectivity index (χ4n) is 5.64. The number of halogens is 2. The number of rotatable bonds is 10. The molecule has 1 aliphatic heterocycles. The van der Waals surface area contributed by atoms with Gasteiger partial charge in [-0.05, 0) is 61.1 Å². The van der Waals surface area contributed by atoms with Crippen LogP contribution in [0.15, 0.2) is 18.2 Å². The second kappa shape index (κ2) is 12.3. The average molecular weight is 438 g/mol. The van der Waals surface area contributed by atoms with Gasteiger partial charge in [0.25, 0.3) is 0 Å². The maximum Gasteiger partial charge on any atom is 0.228 e. The molecule has 0 unspecified atom stereocenters. The second-order valence-electron chi connectivity index (χ2n) is 9.38. The minimum absolute atomic E-state index is 0.0477. The molecule has 1 saturated heterocycles. The van der Waals surface area contributed by atoms with Gasteiger partial charge in [0.15, 0.2) is 0 Å². The van der Waals surface area contributed by atoms with E-state index in [0.717, 1.165) is 17.4 Å². The molecule has 0 spiro atoms. The smallest absolute Gasteiger partial charge is 0.228 e. The SMILES string of the molecule is CCC[Si]1CCC(CCCCC2CCC(c3ccc(Cl)cc3OCF)CC2)CC1. The number of ether oxygens (including phenoxy) is 1. The van der Waals surface area contributed by atoms with E-state index in [-0.39, 0.29) is 8.80 Å². The van der Waals surface area contributed by atoms with E-state index in [9.17, 15) is 4.39 Å². The number of hydrogen-bond acceptors (Lipinski definition) is 1. The fourth-order valence-corrected chi connectivity index (χ4v) is 8.89. The molecule has 0 atom stereocenters. The van der Waals surface area contributed by atoms with Crippen LogP contribution in [0.4, 0.5) is 4.39 Å². The molecular weight excluding hydrogens is 399 g/mol. The first-order valence-corrected chi connectivity index (χ1v) is 14.5. The van der Waals surface area contributed by atoms with Gasteiger partial charge in [-0.2, -0.15) is 0 Å². The Morgan fingerprint density at radius 2 is 1.66 bits per heavy atom. The molecule has 1 saturated carbocycles. The van der Waals surface area contributed by atoms with E-state index in [1.165, 1.54) is 70.6 Å². The molecule has 2 fully saturated rings. The first-order chi connectivity index (χ1) is 14.2. The Kier molecular flexibility index (Phi) is 9.84. The van der Waals surface area contributed by atoms with Crippen LogP contribution in [0.25, 0.3) is 0 Å². The Morgan fingerprint density at radius 3 is 2.28 bits per heavy atom. The average Bonchev–Trinajstić information content (AvgIpc) is 2.74. The lowest BCUT2D eigenvalue weighted by Gasteiger charge is -2.30. The quantitative estimate of drug-likeness (QED) is 0.262. The molecule has 1 aliphatic carbocycles. The minimum atomic E-state index is -0.787. The van der Waals surface area contributed by atoms with E-state index in [4.69, 9.17) is 16.3 Å². The van der Waals surface area contributed by atoms with Crippen molar-refractivity contribution in [2.45, 2.75) is 102 Å². The molecule has 3 rings (SSSR count). The molecule has 4 heteroatoms. The van der Waals surface area contributed by atoms with Crippen molar-refractivity contribution in [3.63, 3.8) is 0 Å². The van der Waals surface area contributed by atoms with Crippen molar-refractivity contribution in [1.29, 1.82) is 0 Å². The Labute approximate surface area is 184 Å². The standard InChI is InChI=1S/C25H39ClFOSi/c1-2-15-29-16-13-21(14-17-29)6-4-3-5-20-7-9-22(10-8-20)24-12-11-23(26)18-25(24)28-19-27/h11-12,18,20-22H,2-10,13-17,19H2,1H3. The predicted molar refractivity (Wildman–Crippen MR) is 124 cm³/mol. The van der Waals surface area contributed by atoms with Crippen LogP contribution >= 0.6 is 11.6 Å². The Morgan fingerprint density at radius 1 is 1.00 bits per heavy atom. The van der Waals surface area contributed by atoms with E-state index in [1.807, 2.05) is 12.1 Å². The number of hydrogen-bond donors (Lipinski definition) is 0. The Hall–Kier alpha value is -0.543. The van der Waals surface area contributed by atoms with E-state index in [0.29, 0.717) is 16.7 Å². The summed E-state index contributed by atoms with van der Waals surface area (Å²) in [6.45, 7) is 1.56. The molecule has 0 amide bonds. The second-order valence-corrected chi connectivity index (χ2v) is 12.8. The first kappa shape index (κ1) is 23.1. The molecule has 0 N–H and O–H groups in total. The molecule has 2 aliphatic rings. The summed E-state index contributed by atoms with van der Waals surface area (Å²) in [5.41, 5.74) is 1.15. The molecule has 1 nitrogen and oxygen atoms in total. The van der Waals surface area contributed by atoms with Crippen LogP contribution in [-0.4, -0.2) is 15.7 Å². The highest BCUT2D eigenvalue weighted by molar-refractivity contribution is 6.58. The van der Waals surface area contributed by atoms with Crippen LogP contribution in [0.5, 0.6) is 5.75 Å². The summed E-state index contributed by atoms with van der Waals surface area (Å²) in [7, 11) is 0.0477. The molecule has 1 aromatic rings. The highest BCUT2D eigenvalue weighted by Crippen LogP contribution is 2.42. The number of benzene rings is 1. The molecule has 1 radical (unpaired) electrons. The molecule has 1 heterocycles. The summed E-state index contributed by atoms with van der Waals surface area (Å²) >= 11 is 6.06. The maximum atomic E-state index is 12.7. The summed E-state index contributed by atoms with van der Waals surface area (Å²) in [5, 5.41) is 0.617. The third-order valence-electron chi connectivity index (χ3n) is 7.36. The van der Waals surface area contributed by atoms with Crippen LogP contribution in [0.2, 0.25) is 23.2 Å². The van der Waals surface area contributed by atoms with Gasteiger partial charge in [-0.3, -0.25) is 0 Å². The molecular formula is C25H39ClFOSi. The molecule has 29 heavy (non-hydrogen) atoms. The molecule has 1 aromatic carbocycles. The van der Waals surface area contributed by atoms with Crippen LogP contribution in [-0.2, 0) is 0 Å². The lowest BCUT2D eigenvalue weighted by molar-refractivity contribution is 0.187. The van der Waals surface area contributed by atoms with Crippen molar-refractivity contribution >= 4 is 20.4 Å². The zero-order chi connectivity index (χ0) is 20.5. The number of unbranched alkanes of at least 4 members (excludes halogenated alkanes) is 1. The highest BCUT2D eigenvalue weighted by atomic mass is 35.5. The Bertz CT molecular complexity index is 594. The summed E-state index contributed by atoms with van der Waals surface area (Å²) in [5.74, 6) is 3.05. The predicted octanol–water partition coefficient (Wildman–Crippen LogP) is 8.79. The molecule has 0 bridgehead atoms. The van der Waals surface area contributed by atoms with Gasteiger partial charge < -0.3 is 4.74 Å². The van der Waals surface area contributed by atoms with Gasteiger partial charge in [0.2, 0.25) is 6.86 Å². The third kappa shape index (κ3) is 7.27. The monoisotopic (exact) mass is 437 g/mol. The van der Waals surface area contributed by atoms with E-state index in [1.54, 1.807) is 24.2 Å². The van der Waals surface area contributed by atoms with Crippen molar-refractivity contribution in [3.8, 4) is 5.75 Å². The largest absolute Gasteiger partial charge is 0.463 e. The van der Waals surface area contributed by atoms with Gasteiger partial charge in [0.05, 0.1) is 0 Å². The van der Waals surface area contributed by atoms with Gasteiger partial charge in [0.1, 0.15) is 5.75 Å². The van der Waals surface area contributed by atoms with Crippen LogP contribution in [0.3, 0.4) is 0 Å². The van der Waals surface area contributed by atoms with Crippen molar-refractivity contribution < 1.29 is 9.13 Å². The summed E-state index contributed by atoms with van der Waals surface area (Å²) in [6, 6.07) is 10.4. The lowest BCUT2D eigenvalue weighted by Crippen LogP contribution is -2.21. The van der Waals surface area contributed by atoms with Crippen molar-refractivity contribution in [3.05, 3.63) is 28.8 Å². The topological polar surface area (TPSA) is 9.23 Å². The number of alkyl halides is 1. The maximum absolute atomic E-state index is 12.7. The molecule has 163 valence electrons. The van der Waals surface area contributed by atoms with Crippen LogP contribution in [0.1, 0.15) is 89.0 Å². The van der Waals surface area contributed by atoms with E-state index in [2.05, 4.69) is 6.92 Å². The van der Waals surface area contributed by atoms with E-state index >= 15 is 0 Å². The van der Waals surface area contributed by atoms with Gasteiger partial charge in [-0.15, -0.1) is 0 Å². The van der Waals surface area contributed by atoms with Crippen molar-refractivity contribution in [2.24, 2.45) is 11.8 Å². The van der Waals surface area contributed by atoms with E-state index < -0.39 is 6.86 Å². The minimum Gasteiger partial charge on any atom is -0.463 e. The summed E-state index contributed by atoms with van der Waals surface area (Å²) in [4.78, 5) is 0. The highest BCUT2D eigenvalue weighted by Gasteiger charge is 2.25. The lowest BCUT2D eigenvalue weighted by atomic mass is 9.76. The van der Waals surface area contributed by atoms with Gasteiger partial charge in [-0.1, -0.05) is 87.7 Å². The van der Waals surface area contributed by atoms with Gasteiger partial charge >= 0.3 is 0 Å². The van der Waals surface area contributed by atoms with Crippen molar-refractivity contribution in [2.75, 3.05) is 6.86 Å². The van der Waals surface area contributed by atoms with Gasteiger partial charge in [0, 0.05) is 13.8 Å².